The van der Waals surface area contributed by atoms with E-state index in [1.807, 2.05) is 6.92 Å². The summed E-state index contributed by atoms with van der Waals surface area (Å²) >= 11 is 0. The van der Waals surface area contributed by atoms with Crippen molar-refractivity contribution in [3.8, 4) is 11.5 Å². The molecule has 0 radical (unpaired) electrons. The number of anilines is 1. The molecule has 0 bridgehead atoms. The second-order valence-electron chi connectivity index (χ2n) is 5.09. The normalized spacial score (nSPS) is 10.3. The Morgan fingerprint density at radius 3 is 2.19 bits per heavy atom. The Labute approximate surface area is 149 Å². The molecule has 138 valence electrons. The third kappa shape index (κ3) is 6.04. The number of rotatable bonds is 8. The number of hydrogen-bond donors (Lipinski definition) is 2. The first-order chi connectivity index (χ1) is 12.5. The van der Waals surface area contributed by atoms with Gasteiger partial charge in [-0.05, 0) is 55.5 Å². The second kappa shape index (κ2) is 9.36. The molecule has 2 aromatic carbocycles. The SMILES string of the molecule is CCOc1ccc(C(=O)NCC(=O)Nc2ccc(OC(F)F)cc2)cc1. The fraction of sp³-hybridized carbons (Fsp3) is 0.222. The number of hydrogen-bond acceptors (Lipinski definition) is 4. The van der Waals surface area contributed by atoms with E-state index in [1.54, 1.807) is 24.3 Å². The molecule has 0 aliphatic carbocycles. The van der Waals surface area contributed by atoms with Crippen LogP contribution in [-0.2, 0) is 4.79 Å². The number of carbonyl (C=O) groups is 2. The van der Waals surface area contributed by atoms with Crippen LogP contribution in [0.5, 0.6) is 11.5 Å². The van der Waals surface area contributed by atoms with Gasteiger partial charge in [0.15, 0.2) is 0 Å². The Morgan fingerprint density at radius 2 is 1.62 bits per heavy atom. The number of benzene rings is 2. The van der Waals surface area contributed by atoms with Gasteiger partial charge >= 0.3 is 6.61 Å². The maximum absolute atomic E-state index is 12.1. The van der Waals surface area contributed by atoms with Gasteiger partial charge in [0.2, 0.25) is 5.91 Å². The second-order valence-corrected chi connectivity index (χ2v) is 5.09. The molecule has 6 nitrogen and oxygen atoms in total. The van der Waals surface area contributed by atoms with Crippen LogP contribution in [0.25, 0.3) is 0 Å². The van der Waals surface area contributed by atoms with Crippen LogP contribution in [-0.4, -0.2) is 31.6 Å². The van der Waals surface area contributed by atoms with Crippen molar-refractivity contribution >= 4 is 17.5 Å². The van der Waals surface area contributed by atoms with E-state index in [0.717, 1.165) is 0 Å². The van der Waals surface area contributed by atoms with Gasteiger partial charge in [0.05, 0.1) is 13.2 Å². The molecule has 2 aromatic rings. The molecule has 0 unspecified atom stereocenters. The summed E-state index contributed by atoms with van der Waals surface area (Å²) in [6.45, 7) is -0.755. The van der Waals surface area contributed by atoms with E-state index in [2.05, 4.69) is 15.4 Å². The fourth-order valence-corrected chi connectivity index (χ4v) is 2.06. The van der Waals surface area contributed by atoms with Crippen molar-refractivity contribution < 1.29 is 27.8 Å². The fourth-order valence-electron chi connectivity index (χ4n) is 2.06. The average molecular weight is 364 g/mol. The zero-order valence-electron chi connectivity index (χ0n) is 14.0. The highest BCUT2D eigenvalue weighted by molar-refractivity contribution is 5.99. The van der Waals surface area contributed by atoms with E-state index in [1.165, 1.54) is 24.3 Å². The van der Waals surface area contributed by atoms with Crippen LogP contribution < -0.4 is 20.1 Å². The first kappa shape index (κ1) is 19.2. The molecule has 2 amide bonds. The lowest BCUT2D eigenvalue weighted by molar-refractivity contribution is -0.115. The Morgan fingerprint density at radius 1 is 1.00 bits per heavy atom. The summed E-state index contributed by atoms with van der Waals surface area (Å²) in [5, 5.41) is 5.03. The van der Waals surface area contributed by atoms with Crippen molar-refractivity contribution in [3.05, 3.63) is 54.1 Å². The van der Waals surface area contributed by atoms with Gasteiger partial charge in [-0.3, -0.25) is 9.59 Å². The van der Waals surface area contributed by atoms with Crippen LogP contribution in [0.1, 0.15) is 17.3 Å². The number of carbonyl (C=O) groups excluding carboxylic acids is 2. The molecule has 0 aliphatic rings. The molecule has 0 aliphatic heterocycles. The maximum atomic E-state index is 12.1. The molecule has 0 saturated heterocycles. The molecule has 0 saturated carbocycles. The Kier molecular flexibility index (Phi) is 6.90. The van der Waals surface area contributed by atoms with E-state index in [4.69, 9.17) is 4.74 Å². The van der Waals surface area contributed by atoms with E-state index in [0.29, 0.717) is 23.6 Å². The predicted octanol–water partition coefficient (Wildman–Crippen LogP) is 3.06. The number of nitrogens with one attached hydrogen (secondary N) is 2. The minimum atomic E-state index is -2.91. The zero-order valence-corrected chi connectivity index (χ0v) is 14.0. The van der Waals surface area contributed by atoms with Gasteiger partial charge in [0.25, 0.3) is 5.91 Å². The molecular formula is C18H18F2N2O4. The highest BCUT2D eigenvalue weighted by Crippen LogP contribution is 2.17. The topological polar surface area (TPSA) is 76.7 Å². The van der Waals surface area contributed by atoms with Gasteiger partial charge < -0.3 is 20.1 Å². The summed E-state index contributed by atoms with van der Waals surface area (Å²) in [5.41, 5.74) is 0.793. The van der Waals surface area contributed by atoms with Crippen molar-refractivity contribution in [2.24, 2.45) is 0 Å². The largest absolute Gasteiger partial charge is 0.494 e. The highest BCUT2D eigenvalue weighted by atomic mass is 19.3. The first-order valence-corrected chi connectivity index (χ1v) is 7.83. The van der Waals surface area contributed by atoms with Gasteiger partial charge in [-0.1, -0.05) is 0 Å². The quantitative estimate of drug-likeness (QED) is 0.755. The van der Waals surface area contributed by atoms with Crippen molar-refractivity contribution in [1.29, 1.82) is 0 Å². The van der Waals surface area contributed by atoms with E-state index < -0.39 is 18.4 Å². The van der Waals surface area contributed by atoms with Crippen LogP contribution in [0.15, 0.2) is 48.5 Å². The van der Waals surface area contributed by atoms with E-state index in [9.17, 15) is 18.4 Å². The van der Waals surface area contributed by atoms with Crippen molar-refractivity contribution in [1.82, 2.24) is 5.32 Å². The highest BCUT2D eigenvalue weighted by Gasteiger charge is 2.09. The van der Waals surface area contributed by atoms with Gasteiger partial charge in [0.1, 0.15) is 11.5 Å². The third-order valence-electron chi connectivity index (χ3n) is 3.20. The number of amides is 2. The van der Waals surface area contributed by atoms with Crippen molar-refractivity contribution in [3.63, 3.8) is 0 Å². The lowest BCUT2D eigenvalue weighted by Gasteiger charge is -2.09. The van der Waals surface area contributed by atoms with Gasteiger partial charge in [-0.15, -0.1) is 0 Å². The minimum Gasteiger partial charge on any atom is -0.494 e. The van der Waals surface area contributed by atoms with Crippen molar-refractivity contribution in [2.45, 2.75) is 13.5 Å². The summed E-state index contributed by atoms with van der Waals surface area (Å²) in [7, 11) is 0. The van der Waals surface area contributed by atoms with Crippen LogP contribution in [0, 0.1) is 0 Å². The Hall–Kier alpha value is -3.16. The Balaban J connectivity index is 1.81. The number of halogens is 2. The summed E-state index contributed by atoms with van der Waals surface area (Å²) < 4.78 is 33.6. The zero-order chi connectivity index (χ0) is 18.9. The van der Waals surface area contributed by atoms with Crippen LogP contribution >= 0.6 is 0 Å². The first-order valence-electron chi connectivity index (χ1n) is 7.83. The molecule has 0 heterocycles. The van der Waals surface area contributed by atoms with E-state index in [-0.39, 0.29) is 12.3 Å². The smallest absolute Gasteiger partial charge is 0.387 e. The minimum absolute atomic E-state index is 0.0122. The van der Waals surface area contributed by atoms with Crippen molar-refractivity contribution in [2.75, 3.05) is 18.5 Å². The molecule has 8 heteroatoms. The van der Waals surface area contributed by atoms with E-state index >= 15 is 0 Å². The third-order valence-corrected chi connectivity index (χ3v) is 3.20. The molecule has 0 aromatic heterocycles. The standard InChI is InChI=1S/C18H18F2N2O4/c1-2-25-14-7-3-12(4-8-14)17(24)21-11-16(23)22-13-5-9-15(10-6-13)26-18(19)20/h3-10,18H,2,11H2,1H3,(H,21,24)(H,22,23). The average Bonchev–Trinajstić information content (AvgIpc) is 2.62. The molecular weight excluding hydrogens is 346 g/mol. The van der Waals surface area contributed by atoms with Gasteiger partial charge in [-0.2, -0.15) is 8.78 Å². The summed E-state index contributed by atoms with van der Waals surface area (Å²) in [6.07, 6.45) is 0. The lowest BCUT2D eigenvalue weighted by Crippen LogP contribution is -2.32. The van der Waals surface area contributed by atoms with Gasteiger partial charge in [-0.25, -0.2) is 0 Å². The Bertz CT molecular complexity index is 734. The lowest BCUT2D eigenvalue weighted by atomic mass is 10.2. The summed E-state index contributed by atoms with van der Waals surface area (Å²) in [5.74, 6) is -0.210. The number of ether oxygens (including phenoxy) is 2. The number of alkyl halides is 2. The molecule has 0 fully saturated rings. The van der Waals surface area contributed by atoms with Gasteiger partial charge in [0, 0.05) is 11.3 Å². The van der Waals surface area contributed by atoms with Crippen LogP contribution in [0.2, 0.25) is 0 Å². The molecule has 0 spiro atoms. The molecule has 26 heavy (non-hydrogen) atoms. The predicted molar refractivity (Wildman–Crippen MR) is 91.6 cm³/mol. The monoisotopic (exact) mass is 364 g/mol. The maximum Gasteiger partial charge on any atom is 0.387 e. The van der Waals surface area contributed by atoms with Crippen LogP contribution in [0.4, 0.5) is 14.5 Å². The summed E-state index contributed by atoms with van der Waals surface area (Å²) in [4.78, 5) is 23.9. The molecule has 2 N–H and O–H groups in total. The molecule has 2 rings (SSSR count). The molecule has 0 atom stereocenters. The van der Waals surface area contributed by atoms with Crippen LogP contribution in [0.3, 0.4) is 0 Å². The summed E-state index contributed by atoms with van der Waals surface area (Å²) in [6, 6.07) is 12.0.